The lowest BCUT2D eigenvalue weighted by Gasteiger charge is -2.10. The summed E-state index contributed by atoms with van der Waals surface area (Å²) in [5.41, 5.74) is 4.97. The van der Waals surface area contributed by atoms with E-state index in [4.69, 9.17) is 0 Å². The van der Waals surface area contributed by atoms with E-state index in [1.807, 2.05) is 42.5 Å². The molecular weight excluding hydrogens is 418 g/mol. The second-order valence-corrected chi connectivity index (χ2v) is 6.75. The Morgan fingerprint density at radius 2 is 1.32 bits per heavy atom. The summed E-state index contributed by atoms with van der Waals surface area (Å²) < 4.78 is 0.682. The highest BCUT2D eigenvalue weighted by Crippen LogP contribution is 2.15. The van der Waals surface area contributed by atoms with Crippen LogP contribution in [0.1, 0.15) is 26.3 Å². The molecule has 0 aromatic heterocycles. The van der Waals surface area contributed by atoms with Gasteiger partial charge in [-0.2, -0.15) is 5.10 Å². The van der Waals surface area contributed by atoms with Gasteiger partial charge in [0.2, 0.25) is 0 Å². The van der Waals surface area contributed by atoms with E-state index in [1.54, 1.807) is 42.5 Å². The van der Waals surface area contributed by atoms with Crippen LogP contribution in [0, 0.1) is 0 Å². The highest BCUT2D eigenvalue weighted by molar-refractivity contribution is 9.10. The number of amides is 2. The predicted octanol–water partition coefficient (Wildman–Crippen LogP) is 4.01. The van der Waals surface area contributed by atoms with Crippen LogP contribution in [0.3, 0.4) is 0 Å². The maximum atomic E-state index is 12.4. The van der Waals surface area contributed by atoms with Crippen molar-refractivity contribution >= 4 is 33.5 Å². The van der Waals surface area contributed by atoms with E-state index >= 15 is 0 Å². The molecule has 0 spiro atoms. The average Bonchev–Trinajstić information content (AvgIpc) is 2.75. The molecule has 3 aromatic carbocycles. The van der Waals surface area contributed by atoms with Crippen molar-refractivity contribution in [2.24, 2.45) is 5.10 Å². The van der Waals surface area contributed by atoms with Crippen LogP contribution in [0.2, 0.25) is 0 Å². The molecule has 28 heavy (non-hydrogen) atoms. The third kappa shape index (κ3) is 5.14. The van der Waals surface area contributed by atoms with E-state index in [0.29, 0.717) is 21.3 Å². The molecule has 0 radical (unpaired) electrons. The van der Waals surface area contributed by atoms with E-state index in [9.17, 15) is 9.59 Å². The summed E-state index contributed by atoms with van der Waals surface area (Å²) in [7, 11) is 0. The van der Waals surface area contributed by atoms with Gasteiger partial charge in [-0.15, -0.1) is 0 Å². The normalized spacial score (nSPS) is 11.0. The number of carbonyl (C=O) groups excluding carboxylic acids is 2. The second kappa shape index (κ2) is 9.62. The van der Waals surface area contributed by atoms with E-state index in [0.717, 1.165) is 5.56 Å². The van der Waals surface area contributed by atoms with Gasteiger partial charge in [0.15, 0.2) is 0 Å². The first-order valence-electron chi connectivity index (χ1n) is 8.65. The molecule has 2 N–H and O–H groups in total. The van der Waals surface area contributed by atoms with Gasteiger partial charge in [-0.25, -0.2) is 5.43 Å². The smallest absolute Gasteiger partial charge is 0.272 e. The Bertz CT molecular complexity index is 989. The van der Waals surface area contributed by atoms with Crippen LogP contribution in [0.5, 0.6) is 0 Å². The number of nitrogens with one attached hydrogen (secondary N) is 2. The number of hydrogen-bond acceptors (Lipinski definition) is 3. The molecule has 0 heterocycles. The molecule has 0 saturated carbocycles. The van der Waals surface area contributed by atoms with Crippen LogP contribution >= 0.6 is 15.9 Å². The number of nitrogens with zero attached hydrogens (tertiary/aromatic N) is 1. The summed E-state index contributed by atoms with van der Waals surface area (Å²) >= 11 is 3.36. The van der Waals surface area contributed by atoms with Crippen molar-refractivity contribution in [2.45, 2.75) is 0 Å². The summed E-state index contributed by atoms with van der Waals surface area (Å²) in [6.07, 6.45) is 0. The number of benzene rings is 3. The highest BCUT2D eigenvalue weighted by Gasteiger charge is 2.11. The monoisotopic (exact) mass is 435 g/mol. The van der Waals surface area contributed by atoms with Crippen molar-refractivity contribution < 1.29 is 9.59 Å². The van der Waals surface area contributed by atoms with Crippen LogP contribution in [0.4, 0.5) is 0 Å². The van der Waals surface area contributed by atoms with Gasteiger partial charge >= 0.3 is 0 Å². The molecule has 0 atom stereocenters. The lowest BCUT2D eigenvalue weighted by molar-refractivity contribution is 0.0951. The van der Waals surface area contributed by atoms with Crippen molar-refractivity contribution in [3.63, 3.8) is 0 Å². The molecule has 6 heteroatoms. The van der Waals surface area contributed by atoms with Gasteiger partial charge in [0.1, 0.15) is 0 Å². The van der Waals surface area contributed by atoms with E-state index in [1.165, 1.54) is 0 Å². The second-order valence-electron chi connectivity index (χ2n) is 5.89. The summed E-state index contributed by atoms with van der Waals surface area (Å²) in [4.78, 5) is 24.8. The minimum Gasteiger partial charge on any atom is -0.346 e. The molecule has 0 aliphatic carbocycles. The summed E-state index contributed by atoms with van der Waals surface area (Å²) in [6.45, 7) is 0.175. The first-order valence-corrected chi connectivity index (χ1v) is 9.44. The third-order valence-corrected chi connectivity index (χ3v) is 4.66. The number of hydrazone groups is 1. The lowest BCUT2D eigenvalue weighted by Crippen LogP contribution is -2.32. The quantitative estimate of drug-likeness (QED) is 0.453. The summed E-state index contributed by atoms with van der Waals surface area (Å²) in [5, 5.41) is 7.10. The molecule has 0 bridgehead atoms. The molecule has 140 valence electrons. The Balaban J connectivity index is 1.76. The first kappa shape index (κ1) is 19.5. The molecular formula is C22H18BrN3O2. The minimum absolute atomic E-state index is 0.175. The van der Waals surface area contributed by atoms with Crippen LogP contribution < -0.4 is 10.7 Å². The Morgan fingerprint density at radius 1 is 0.750 bits per heavy atom. The zero-order valence-electron chi connectivity index (χ0n) is 14.9. The van der Waals surface area contributed by atoms with Crippen LogP contribution in [0.25, 0.3) is 0 Å². The first-order chi connectivity index (χ1) is 13.6. The SMILES string of the molecule is O=C(NCC(=NNC(=O)c1ccccc1Br)c1ccccc1)c1ccccc1. The molecule has 3 rings (SSSR count). The zero-order chi connectivity index (χ0) is 19.8. The predicted molar refractivity (Wildman–Crippen MR) is 113 cm³/mol. The number of halogens is 1. The number of hydrogen-bond donors (Lipinski definition) is 2. The van der Waals surface area contributed by atoms with Crippen LogP contribution in [0.15, 0.2) is 94.5 Å². The van der Waals surface area contributed by atoms with E-state index in [-0.39, 0.29) is 18.4 Å². The third-order valence-electron chi connectivity index (χ3n) is 3.97. The van der Waals surface area contributed by atoms with E-state index in [2.05, 4.69) is 31.8 Å². The van der Waals surface area contributed by atoms with Crippen molar-refractivity contribution in [1.29, 1.82) is 0 Å². The van der Waals surface area contributed by atoms with Crippen molar-refractivity contribution in [3.8, 4) is 0 Å². The maximum Gasteiger partial charge on any atom is 0.272 e. The standard InChI is InChI=1S/C22H18BrN3O2/c23-19-14-8-7-13-18(19)22(28)26-25-20(16-9-3-1-4-10-16)15-24-21(27)17-11-5-2-6-12-17/h1-14H,15H2,(H,24,27)(H,26,28). The highest BCUT2D eigenvalue weighted by atomic mass is 79.9. The van der Waals surface area contributed by atoms with Crippen molar-refractivity contribution in [3.05, 3.63) is 106 Å². The fourth-order valence-electron chi connectivity index (χ4n) is 2.52. The molecule has 0 fully saturated rings. The van der Waals surface area contributed by atoms with Crippen molar-refractivity contribution in [1.82, 2.24) is 10.7 Å². The lowest BCUT2D eigenvalue weighted by atomic mass is 10.1. The molecule has 2 amide bonds. The van der Waals surface area contributed by atoms with Gasteiger partial charge in [0.25, 0.3) is 11.8 Å². The largest absolute Gasteiger partial charge is 0.346 e. The fourth-order valence-corrected chi connectivity index (χ4v) is 2.98. The topological polar surface area (TPSA) is 70.6 Å². The Hall–Kier alpha value is -3.25. The van der Waals surface area contributed by atoms with Crippen molar-refractivity contribution in [2.75, 3.05) is 6.54 Å². The average molecular weight is 436 g/mol. The Morgan fingerprint density at radius 3 is 1.96 bits per heavy atom. The fraction of sp³-hybridized carbons (Fsp3) is 0.0455. The summed E-state index contributed by atoms with van der Waals surface area (Å²) in [6, 6.07) is 25.4. The van der Waals surface area contributed by atoms with Gasteiger partial charge in [-0.3, -0.25) is 9.59 Å². The Labute approximate surface area is 171 Å². The number of carbonyl (C=O) groups is 2. The molecule has 3 aromatic rings. The van der Waals surface area contributed by atoms with Gasteiger partial charge < -0.3 is 5.32 Å². The Kier molecular flexibility index (Phi) is 6.70. The minimum atomic E-state index is -0.338. The number of rotatable bonds is 6. The summed E-state index contributed by atoms with van der Waals surface area (Å²) in [5.74, 6) is -0.545. The van der Waals surface area contributed by atoms with Crippen LogP contribution in [-0.2, 0) is 0 Å². The maximum absolute atomic E-state index is 12.4. The zero-order valence-corrected chi connectivity index (χ0v) is 16.5. The van der Waals surface area contributed by atoms with Gasteiger partial charge in [-0.05, 0) is 45.8 Å². The van der Waals surface area contributed by atoms with Gasteiger partial charge in [0.05, 0.1) is 17.8 Å². The molecule has 5 nitrogen and oxygen atoms in total. The molecule has 0 saturated heterocycles. The molecule has 0 unspecified atom stereocenters. The van der Waals surface area contributed by atoms with E-state index < -0.39 is 0 Å². The molecule has 0 aliphatic rings. The molecule has 0 aliphatic heterocycles. The van der Waals surface area contributed by atoms with Gasteiger partial charge in [0, 0.05) is 10.0 Å². The van der Waals surface area contributed by atoms with Crippen LogP contribution in [-0.4, -0.2) is 24.1 Å². The van der Waals surface area contributed by atoms with Gasteiger partial charge in [-0.1, -0.05) is 60.7 Å².